The van der Waals surface area contributed by atoms with Gasteiger partial charge in [-0.1, -0.05) is 40.2 Å². The number of rotatable bonds is 8. The number of allylic oxidation sites excluding steroid dienone is 1. The molecule has 0 amide bonds. The number of esters is 3. The van der Waals surface area contributed by atoms with Gasteiger partial charge in [-0.2, -0.15) is 0 Å². The number of fused-ring (bicyclic) bond motifs is 5. The number of hydrogen-bond acceptors (Lipinski definition) is 11. The van der Waals surface area contributed by atoms with Gasteiger partial charge in [-0.25, -0.2) is 0 Å². The summed E-state index contributed by atoms with van der Waals surface area (Å²) in [5.74, 6) is -5.30. The van der Waals surface area contributed by atoms with E-state index in [1.165, 1.54) is 33.8 Å². The van der Waals surface area contributed by atoms with E-state index in [1.54, 1.807) is 41.5 Å². The van der Waals surface area contributed by atoms with Crippen LogP contribution in [-0.4, -0.2) is 75.0 Å². The Labute approximate surface area is 277 Å². The Morgan fingerprint density at radius 1 is 0.894 bits per heavy atom. The van der Waals surface area contributed by atoms with E-state index in [-0.39, 0.29) is 43.7 Å². The van der Waals surface area contributed by atoms with Crippen molar-refractivity contribution in [2.75, 3.05) is 0 Å². The number of ketones is 3. The highest BCUT2D eigenvalue weighted by Gasteiger charge is 2.77. The minimum Gasteiger partial charge on any atom is -0.462 e. The highest BCUT2D eigenvalue weighted by Crippen LogP contribution is 2.74. The largest absolute Gasteiger partial charge is 0.462 e. The second-order valence-electron chi connectivity index (χ2n) is 16.5. The fraction of sp³-hybridized carbons (Fsp3) is 0.778. The summed E-state index contributed by atoms with van der Waals surface area (Å²) in [6.07, 6.45) is -1.34. The van der Waals surface area contributed by atoms with Crippen LogP contribution in [0.4, 0.5) is 0 Å². The summed E-state index contributed by atoms with van der Waals surface area (Å²) in [4.78, 5) is 79.1. The second-order valence-corrected chi connectivity index (χ2v) is 16.5. The summed E-state index contributed by atoms with van der Waals surface area (Å²) < 4.78 is 16.7. The molecule has 47 heavy (non-hydrogen) atoms. The molecular formula is C36H52O11. The van der Waals surface area contributed by atoms with E-state index in [9.17, 15) is 39.0 Å². The molecule has 262 valence electrons. The standard InChI is InChI=1S/C36H52O11/c1-18(37)45-24-15-22-21(32(6,7)30(24)43)14-23(40)28-33(8)16-25(46-19(2)38)29(34(33,9)17-27(42)35(22,28)10)36(11,44)26(41)12-13-31(4,5)47-20(3)39/h14,22,24-25,28-30,43-44H,12-13,15-17H2,1-11H3/t22-,24?,25-,28+,29+,30?,33+,34-,35-,36+/m1/s1. The first-order valence-electron chi connectivity index (χ1n) is 16.5. The molecule has 4 aliphatic rings. The van der Waals surface area contributed by atoms with E-state index in [4.69, 9.17) is 14.2 Å². The zero-order valence-electron chi connectivity index (χ0n) is 29.6. The molecule has 3 fully saturated rings. The lowest BCUT2D eigenvalue weighted by atomic mass is 9.38. The number of aliphatic hydroxyl groups is 2. The van der Waals surface area contributed by atoms with Crippen molar-refractivity contribution in [1.82, 2.24) is 0 Å². The molecule has 0 bridgehead atoms. The van der Waals surface area contributed by atoms with Crippen molar-refractivity contribution in [1.29, 1.82) is 0 Å². The maximum Gasteiger partial charge on any atom is 0.303 e. The highest BCUT2D eigenvalue weighted by molar-refractivity contribution is 6.03. The van der Waals surface area contributed by atoms with Crippen molar-refractivity contribution in [3.05, 3.63) is 11.6 Å². The predicted octanol–water partition coefficient (Wildman–Crippen LogP) is 3.84. The number of aliphatic hydroxyl groups excluding tert-OH is 1. The molecule has 11 heteroatoms. The van der Waals surface area contributed by atoms with Crippen molar-refractivity contribution in [3.63, 3.8) is 0 Å². The van der Waals surface area contributed by atoms with Gasteiger partial charge in [-0.3, -0.25) is 28.8 Å². The van der Waals surface area contributed by atoms with Crippen molar-refractivity contribution in [2.45, 2.75) is 138 Å². The SMILES string of the molecule is CC(=O)OC1C[C@@H]2C(=CC(=O)[C@@H]3[C@@]2(C)C(=O)C[C@]2(C)[C@@H]([C@@](C)(O)C(=O)CCC(C)(C)OC(C)=O)[C@H](OC(C)=O)C[C@@]32C)C(C)(C)C1O. The summed E-state index contributed by atoms with van der Waals surface area (Å²) in [6.45, 7) is 17.5. The summed E-state index contributed by atoms with van der Waals surface area (Å²) >= 11 is 0. The molecule has 0 radical (unpaired) electrons. The third-order valence-corrected chi connectivity index (χ3v) is 12.5. The van der Waals surface area contributed by atoms with E-state index in [2.05, 4.69) is 0 Å². The first-order chi connectivity index (χ1) is 21.3. The first kappa shape index (κ1) is 36.9. The molecule has 0 aromatic carbocycles. The third kappa shape index (κ3) is 5.69. The van der Waals surface area contributed by atoms with Gasteiger partial charge in [0.25, 0.3) is 0 Å². The van der Waals surface area contributed by atoms with E-state index < -0.39 is 92.6 Å². The Kier molecular flexibility index (Phi) is 9.11. The fourth-order valence-corrected chi connectivity index (χ4v) is 10.2. The Hall–Kier alpha value is -2.92. The van der Waals surface area contributed by atoms with Crippen molar-refractivity contribution in [3.8, 4) is 0 Å². The van der Waals surface area contributed by atoms with Gasteiger partial charge in [0.05, 0.1) is 6.10 Å². The average molecular weight is 661 g/mol. The topological polar surface area (TPSA) is 171 Å². The van der Waals surface area contributed by atoms with E-state index >= 15 is 0 Å². The smallest absolute Gasteiger partial charge is 0.303 e. The molecule has 0 saturated heterocycles. The van der Waals surface area contributed by atoms with Crippen molar-refractivity contribution in [2.24, 2.45) is 39.4 Å². The van der Waals surface area contributed by atoms with Gasteiger partial charge in [0.1, 0.15) is 29.2 Å². The molecule has 11 nitrogen and oxygen atoms in total. The molecule has 0 aromatic heterocycles. The quantitative estimate of drug-likeness (QED) is 0.286. The monoisotopic (exact) mass is 660 g/mol. The van der Waals surface area contributed by atoms with Crippen molar-refractivity contribution < 1.29 is 53.2 Å². The van der Waals surface area contributed by atoms with Crippen LogP contribution in [0.2, 0.25) is 0 Å². The molecule has 2 N–H and O–H groups in total. The lowest BCUT2D eigenvalue weighted by molar-refractivity contribution is -0.193. The van der Waals surface area contributed by atoms with Gasteiger partial charge in [0.15, 0.2) is 11.6 Å². The summed E-state index contributed by atoms with van der Waals surface area (Å²) in [7, 11) is 0. The molecule has 4 aliphatic carbocycles. The van der Waals surface area contributed by atoms with Gasteiger partial charge >= 0.3 is 17.9 Å². The zero-order valence-corrected chi connectivity index (χ0v) is 29.6. The minimum absolute atomic E-state index is 0.112. The molecule has 0 aromatic rings. The van der Waals surface area contributed by atoms with Crippen LogP contribution >= 0.6 is 0 Å². The number of ether oxygens (including phenoxy) is 3. The maximum absolute atomic E-state index is 14.7. The summed E-state index contributed by atoms with van der Waals surface area (Å²) in [6, 6.07) is 0. The number of carbonyl (C=O) groups is 6. The number of hydrogen-bond donors (Lipinski definition) is 2. The number of Topliss-reactive ketones (excluding diaryl/α,β-unsaturated/α-hetero) is 2. The molecule has 10 atom stereocenters. The van der Waals surface area contributed by atoms with Gasteiger partial charge < -0.3 is 24.4 Å². The lowest BCUT2D eigenvalue weighted by Crippen LogP contribution is -2.67. The predicted molar refractivity (Wildman–Crippen MR) is 168 cm³/mol. The Morgan fingerprint density at radius 3 is 1.98 bits per heavy atom. The maximum atomic E-state index is 14.7. The molecule has 3 saturated carbocycles. The Morgan fingerprint density at radius 2 is 1.45 bits per heavy atom. The third-order valence-electron chi connectivity index (χ3n) is 12.5. The van der Waals surface area contributed by atoms with E-state index in [1.807, 2.05) is 6.92 Å². The van der Waals surface area contributed by atoms with Crippen LogP contribution in [0, 0.1) is 39.4 Å². The molecule has 0 aliphatic heterocycles. The van der Waals surface area contributed by atoms with Gasteiger partial charge in [-0.15, -0.1) is 0 Å². The number of carbonyl (C=O) groups excluding carboxylic acids is 6. The van der Waals surface area contributed by atoms with Crippen LogP contribution in [-0.2, 0) is 43.0 Å². The molecule has 4 rings (SSSR count). The van der Waals surface area contributed by atoms with Crippen LogP contribution < -0.4 is 0 Å². The lowest BCUT2D eigenvalue weighted by Gasteiger charge is -2.64. The van der Waals surface area contributed by atoms with Gasteiger partial charge in [0, 0.05) is 56.3 Å². The molecule has 2 unspecified atom stereocenters. The fourth-order valence-electron chi connectivity index (χ4n) is 10.2. The summed E-state index contributed by atoms with van der Waals surface area (Å²) in [5, 5.41) is 23.4. The van der Waals surface area contributed by atoms with E-state index in [0.717, 1.165) is 0 Å². The average Bonchev–Trinajstić information content (AvgIpc) is 3.11. The zero-order chi connectivity index (χ0) is 35.9. The molecule has 0 spiro atoms. The first-order valence-corrected chi connectivity index (χ1v) is 16.5. The van der Waals surface area contributed by atoms with Gasteiger partial charge in [0.2, 0.25) is 0 Å². The Balaban J connectivity index is 1.83. The van der Waals surface area contributed by atoms with Crippen LogP contribution in [0.5, 0.6) is 0 Å². The highest BCUT2D eigenvalue weighted by atomic mass is 16.6. The van der Waals surface area contributed by atoms with Crippen LogP contribution in [0.15, 0.2) is 11.6 Å². The summed E-state index contributed by atoms with van der Waals surface area (Å²) in [5.41, 5.74) is -6.89. The van der Waals surface area contributed by atoms with Crippen molar-refractivity contribution >= 4 is 35.3 Å². The molecule has 0 heterocycles. The van der Waals surface area contributed by atoms with Crippen LogP contribution in [0.3, 0.4) is 0 Å². The van der Waals surface area contributed by atoms with Gasteiger partial charge in [-0.05, 0) is 62.9 Å². The van der Waals surface area contributed by atoms with E-state index in [0.29, 0.717) is 5.57 Å². The minimum atomic E-state index is -2.08. The molecular weight excluding hydrogens is 608 g/mol. The second kappa shape index (κ2) is 11.6. The normalized spacial score (nSPS) is 39.0. The van der Waals surface area contributed by atoms with Crippen LogP contribution in [0.1, 0.15) is 108 Å². The Bertz CT molecular complexity index is 1420. The van der Waals surface area contributed by atoms with Crippen LogP contribution in [0.25, 0.3) is 0 Å².